The van der Waals surface area contributed by atoms with Gasteiger partial charge >= 0.3 is 5.97 Å². The van der Waals surface area contributed by atoms with E-state index in [1.807, 2.05) is 0 Å². The molecule has 0 aliphatic heterocycles. The van der Waals surface area contributed by atoms with Crippen molar-refractivity contribution in [3.8, 4) is 0 Å². The third kappa shape index (κ3) is 5.81. The van der Waals surface area contributed by atoms with Crippen LogP contribution in [0.4, 0.5) is 0 Å². The van der Waals surface area contributed by atoms with Crippen LogP contribution in [0, 0.1) is 0 Å². The summed E-state index contributed by atoms with van der Waals surface area (Å²) in [5, 5.41) is 11.3. The zero-order valence-electron chi connectivity index (χ0n) is 10.9. The second kappa shape index (κ2) is 8.02. The van der Waals surface area contributed by atoms with Crippen molar-refractivity contribution in [1.82, 2.24) is 10.3 Å². The fourth-order valence-corrected chi connectivity index (χ4v) is 1.52. The summed E-state index contributed by atoms with van der Waals surface area (Å²) in [6.45, 7) is 2.74. The number of nitrogens with zero attached hydrogens (tertiary/aromatic N) is 1. The first-order valence-corrected chi connectivity index (χ1v) is 6.27. The highest BCUT2D eigenvalue weighted by molar-refractivity contribution is 5.94. The van der Waals surface area contributed by atoms with Gasteiger partial charge in [-0.2, -0.15) is 0 Å². The van der Waals surface area contributed by atoms with Crippen molar-refractivity contribution in [2.45, 2.75) is 26.2 Å². The van der Waals surface area contributed by atoms with E-state index in [0.29, 0.717) is 17.7 Å². The lowest BCUT2D eigenvalue weighted by Crippen LogP contribution is -2.24. The molecule has 0 aliphatic carbocycles. The lowest BCUT2D eigenvalue weighted by molar-refractivity contribution is -0.131. The van der Waals surface area contributed by atoms with Gasteiger partial charge in [-0.05, 0) is 24.1 Å². The maximum atomic E-state index is 11.8. The number of carbonyl (C=O) groups excluding carboxylic acids is 1. The van der Waals surface area contributed by atoms with Gasteiger partial charge < -0.3 is 10.4 Å². The predicted octanol–water partition coefficient (Wildman–Crippen LogP) is 2.10. The minimum atomic E-state index is -1.03. The quantitative estimate of drug-likeness (QED) is 0.582. The highest BCUT2D eigenvalue weighted by Crippen LogP contribution is 2.05. The average molecular weight is 262 g/mol. The van der Waals surface area contributed by atoms with E-state index in [4.69, 9.17) is 5.11 Å². The molecule has 1 heterocycles. The Bertz CT molecular complexity index is 470. The van der Waals surface area contributed by atoms with E-state index in [1.165, 1.54) is 18.5 Å². The van der Waals surface area contributed by atoms with Crippen LogP contribution >= 0.6 is 0 Å². The van der Waals surface area contributed by atoms with Gasteiger partial charge in [0.05, 0.1) is 5.56 Å². The van der Waals surface area contributed by atoms with Crippen molar-refractivity contribution in [1.29, 1.82) is 0 Å². The molecule has 0 spiro atoms. The molecule has 0 radical (unpaired) electrons. The third-order valence-electron chi connectivity index (χ3n) is 2.51. The second-order valence-corrected chi connectivity index (χ2v) is 4.14. The number of hydrogen-bond donors (Lipinski definition) is 2. The minimum absolute atomic E-state index is 0.186. The van der Waals surface area contributed by atoms with E-state index in [-0.39, 0.29) is 5.91 Å². The van der Waals surface area contributed by atoms with Crippen molar-refractivity contribution in [2.75, 3.05) is 6.54 Å². The molecule has 1 aromatic heterocycles. The van der Waals surface area contributed by atoms with Crippen LogP contribution < -0.4 is 5.32 Å². The number of aromatic nitrogens is 1. The first-order chi connectivity index (χ1) is 9.13. The SMILES string of the molecule is CCCCCNC(=O)c1cncc(/C=C/C(=O)O)c1. The second-order valence-electron chi connectivity index (χ2n) is 4.14. The number of pyridine rings is 1. The molecule has 0 unspecified atom stereocenters. The van der Waals surface area contributed by atoms with Crippen molar-refractivity contribution in [3.63, 3.8) is 0 Å². The summed E-state index contributed by atoms with van der Waals surface area (Å²) in [4.78, 5) is 26.1. The molecule has 1 rings (SSSR count). The largest absolute Gasteiger partial charge is 0.478 e. The van der Waals surface area contributed by atoms with Crippen LogP contribution in [0.3, 0.4) is 0 Å². The number of nitrogens with one attached hydrogen (secondary N) is 1. The normalized spacial score (nSPS) is 10.6. The van der Waals surface area contributed by atoms with Crippen LogP contribution in [-0.4, -0.2) is 28.5 Å². The Balaban J connectivity index is 2.60. The lowest BCUT2D eigenvalue weighted by atomic mass is 10.2. The molecule has 2 N–H and O–H groups in total. The molecule has 1 amide bonds. The number of carbonyl (C=O) groups is 2. The van der Waals surface area contributed by atoms with Crippen molar-refractivity contribution in [3.05, 3.63) is 35.7 Å². The van der Waals surface area contributed by atoms with Crippen LogP contribution in [0.25, 0.3) is 6.08 Å². The van der Waals surface area contributed by atoms with E-state index < -0.39 is 5.97 Å². The highest BCUT2D eigenvalue weighted by Gasteiger charge is 2.05. The Labute approximate surface area is 112 Å². The number of aliphatic carboxylic acids is 1. The number of amides is 1. The highest BCUT2D eigenvalue weighted by atomic mass is 16.4. The van der Waals surface area contributed by atoms with E-state index >= 15 is 0 Å². The Morgan fingerprint density at radius 2 is 2.16 bits per heavy atom. The maximum absolute atomic E-state index is 11.8. The van der Waals surface area contributed by atoms with Gasteiger partial charge in [0.1, 0.15) is 0 Å². The van der Waals surface area contributed by atoms with Gasteiger partial charge in [0.15, 0.2) is 0 Å². The van der Waals surface area contributed by atoms with Crippen LogP contribution in [0.15, 0.2) is 24.5 Å². The summed E-state index contributed by atoms with van der Waals surface area (Å²) in [5.41, 5.74) is 1.02. The number of rotatable bonds is 7. The molecule has 0 fully saturated rings. The topological polar surface area (TPSA) is 79.3 Å². The van der Waals surface area contributed by atoms with E-state index in [9.17, 15) is 9.59 Å². The van der Waals surface area contributed by atoms with E-state index in [2.05, 4.69) is 17.2 Å². The first-order valence-electron chi connectivity index (χ1n) is 6.27. The standard InChI is InChI=1S/C14H18N2O3/c1-2-3-4-7-16-14(19)12-8-11(9-15-10-12)5-6-13(17)18/h5-6,8-10H,2-4,7H2,1H3,(H,16,19)(H,17,18)/b6-5+. The molecule has 0 aromatic carbocycles. The molecule has 5 heteroatoms. The molecular weight excluding hydrogens is 244 g/mol. The van der Waals surface area contributed by atoms with Gasteiger partial charge in [-0.3, -0.25) is 9.78 Å². The molecule has 0 saturated carbocycles. The molecule has 0 bridgehead atoms. The number of carboxylic acid groups (broad SMARTS) is 1. The third-order valence-corrected chi connectivity index (χ3v) is 2.51. The summed E-state index contributed by atoms with van der Waals surface area (Å²) >= 11 is 0. The number of hydrogen-bond acceptors (Lipinski definition) is 3. The molecule has 0 aliphatic rings. The predicted molar refractivity (Wildman–Crippen MR) is 72.8 cm³/mol. The molecule has 1 aromatic rings. The van der Waals surface area contributed by atoms with Gasteiger partial charge in [0.2, 0.25) is 0 Å². The molecule has 5 nitrogen and oxygen atoms in total. The summed E-state index contributed by atoms with van der Waals surface area (Å²) in [6, 6.07) is 1.61. The zero-order chi connectivity index (χ0) is 14.1. The average Bonchev–Trinajstić information content (AvgIpc) is 2.41. The minimum Gasteiger partial charge on any atom is -0.478 e. The Kier molecular flexibility index (Phi) is 6.29. The van der Waals surface area contributed by atoms with Gasteiger partial charge in [-0.15, -0.1) is 0 Å². The van der Waals surface area contributed by atoms with Crippen LogP contribution in [0.1, 0.15) is 42.1 Å². The zero-order valence-corrected chi connectivity index (χ0v) is 10.9. The summed E-state index contributed by atoms with van der Waals surface area (Å²) in [7, 11) is 0. The summed E-state index contributed by atoms with van der Waals surface area (Å²) < 4.78 is 0. The number of unbranched alkanes of at least 4 members (excludes halogenated alkanes) is 2. The maximum Gasteiger partial charge on any atom is 0.328 e. The van der Waals surface area contributed by atoms with Crippen molar-refractivity contribution in [2.24, 2.45) is 0 Å². The summed E-state index contributed by atoms with van der Waals surface area (Å²) in [5.74, 6) is -1.22. The lowest BCUT2D eigenvalue weighted by Gasteiger charge is -2.04. The van der Waals surface area contributed by atoms with Crippen molar-refractivity contribution >= 4 is 18.0 Å². The smallest absolute Gasteiger partial charge is 0.328 e. The molecule has 102 valence electrons. The van der Waals surface area contributed by atoms with Gasteiger partial charge in [-0.25, -0.2) is 4.79 Å². The Hall–Kier alpha value is -2.17. The van der Waals surface area contributed by atoms with Crippen molar-refractivity contribution < 1.29 is 14.7 Å². The fourth-order valence-electron chi connectivity index (χ4n) is 1.52. The molecular formula is C14H18N2O3. The monoisotopic (exact) mass is 262 g/mol. The van der Waals surface area contributed by atoms with Crippen LogP contribution in [-0.2, 0) is 4.79 Å². The molecule has 0 atom stereocenters. The van der Waals surface area contributed by atoms with Crippen LogP contribution in [0.2, 0.25) is 0 Å². The fraction of sp³-hybridized carbons (Fsp3) is 0.357. The van der Waals surface area contributed by atoms with E-state index in [0.717, 1.165) is 25.3 Å². The first kappa shape index (κ1) is 14.9. The number of carboxylic acids is 1. The van der Waals surface area contributed by atoms with Gasteiger partial charge in [0.25, 0.3) is 5.91 Å². The molecule has 0 saturated heterocycles. The summed E-state index contributed by atoms with van der Waals surface area (Å²) in [6.07, 6.45) is 8.53. The van der Waals surface area contributed by atoms with Gasteiger partial charge in [-0.1, -0.05) is 19.8 Å². The van der Waals surface area contributed by atoms with Crippen LogP contribution in [0.5, 0.6) is 0 Å². The van der Waals surface area contributed by atoms with E-state index in [1.54, 1.807) is 6.07 Å². The molecule has 19 heavy (non-hydrogen) atoms. The van der Waals surface area contributed by atoms with Gasteiger partial charge in [0, 0.05) is 25.0 Å². The Morgan fingerprint density at radius 3 is 2.84 bits per heavy atom. The Morgan fingerprint density at radius 1 is 1.37 bits per heavy atom.